The van der Waals surface area contributed by atoms with Crippen LogP contribution in [0.25, 0.3) is 0 Å². The predicted molar refractivity (Wildman–Crippen MR) is 100 cm³/mol. The van der Waals surface area contributed by atoms with Crippen LogP contribution in [0.3, 0.4) is 0 Å². The minimum atomic E-state index is -0.456. The first kappa shape index (κ1) is 18.9. The van der Waals surface area contributed by atoms with Gasteiger partial charge >= 0.3 is 0 Å². The number of imide groups is 1. The Labute approximate surface area is 158 Å². The van der Waals surface area contributed by atoms with Gasteiger partial charge in [0.15, 0.2) is 11.5 Å². The molecule has 6 nitrogen and oxygen atoms in total. The highest BCUT2D eigenvalue weighted by atomic mass is 16.5. The molecule has 1 heterocycles. The lowest BCUT2D eigenvalue weighted by atomic mass is 10.0. The van der Waals surface area contributed by atoms with E-state index in [9.17, 15) is 9.59 Å². The van der Waals surface area contributed by atoms with Crippen LogP contribution in [0.4, 0.5) is 0 Å². The van der Waals surface area contributed by atoms with Crippen molar-refractivity contribution < 1.29 is 23.8 Å². The highest BCUT2D eigenvalue weighted by Gasteiger charge is 2.40. The lowest BCUT2D eigenvalue weighted by Gasteiger charge is -2.27. The molecule has 1 atom stereocenters. The zero-order chi connectivity index (χ0) is 19.4. The summed E-state index contributed by atoms with van der Waals surface area (Å²) in [6.45, 7) is 2.78. The van der Waals surface area contributed by atoms with Crippen LogP contribution in [0.5, 0.6) is 11.5 Å². The second-order valence-electron chi connectivity index (χ2n) is 6.17. The average Bonchev–Trinajstić information content (AvgIpc) is 2.94. The van der Waals surface area contributed by atoms with Crippen molar-refractivity contribution in [1.29, 1.82) is 0 Å². The zero-order valence-corrected chi connectivity index (χ0v) is 15.7. The van der Waals surface area contributed by atoms with Gasteiger partial charge in [-0.1, -0.05) is 18.2 Å². The normalized spacial score (nSPS) is 14.3. The number of methoxy groups -OCH3 is 2. The fourth-order valence-electron chi connectivity index (χ4n) is 3.33. The van der Waals surface area contributed by atoms with Crippen molar-refractivity contribution in [1.82, 2.24) is 4.90 Å². The number of ether oxygens (including phenoxy) is 3. The number of nitrogens with zero attached hydrogens (tertiary/aromatic N) is 1. The summed E-state index contributed by atoms with van der Waals surface area (Å²) >= 11 is 0. The van der Waals surface area contributed by atoms with Crippen molar-refractivity contribution in [2.45, 2.75) is 19.4 Å². The van der Waals surface area contributed by atoms with Gasteiger partial charge in [-0.3, -0.25) is 14.5 Å². The Morgan fingerprint density at radius 2 is 1.63 bits per heavy atom. The Morgan fingerprint density at radius 3 is 2.19 bits per heavy atom. The minimum Gasteiger partial charge on any atom is -0.493 e. The Bertz CT molecular complexity index is 813. The van der Waals surface area contributed by atoms with Crippen LogP contribution < -0.4 is 9.47 Å². The average molecular weight is 369 g/mol. The third-order valence-electron chi connectivity index (χ3n) is 4.60. The summed E-state index contributed by atoms with van der Waals surface area (Å²) in [4.78, 5) is 27.2. The molecule has 1 aliphatic rings. The topological polar surface area (TPSA) is 65.1 Å². The highest BCUT2D eigenvalue weighted by Crippen LogP contribution is 2.37. The van der Waals surface area contributed by atoms with Gasteiger partial charge in [-0.15, -0.1) is 0 Å². The van der Waals surface area contributed by atoms with Crippen LogP contribution in [0.2, 0.25) is 0 Å². The van der Waals surface area contributed by atoms with Crippen molar-refractivity contribution in [3.05, 3.63) is 59.2 Å². The summed E-state index contributed by atoms with van der Waals surface area (Å²) in [7, 11) is 3.17. The van der Waals surface area contributed by atoms with E-state index in [0.717, 1.165) is 5.56 Å². The van der Waals surface area contributed by atoms with Crippen molar-refractivity contribution in [3.8, 4) is 11.5 Å². The molecule has 1 aliphatic heterocycles. The van der Waals surface area contributed by atoms with Gasteiger partial charge in [0.05, 0.1) is 30.9 Å². The molecule has 6 heteroatoms. The van der Waals surface area contributed by atoms with Gasteiger partial charge in [0, 0.05) is 13.7 Å². The number of amides is 2. The Hall–Kier alpha value is -2.86. The fourth-order valence-corrected chi connectivity index (χ4v) is 3.33. The second-order valence-corrected chi connectivity index (χ2v) is 6.17. The van der Waals surface area contributed by atoms with E-state index >= 15 is 0 Å². The molecule has 2 aromatic carbocycles. The molecule has 0 N–H and O–H groups in total. The van der Waals surface area contributed by atoms with E-state index in [4.69, 9.17) is 14.2 Å². The van der Waals surface area contributed by atoms with E-state index in [0.29, 0.717) is 42.3 Å². The summed E-state index contributed by atoms with van der Waals surface area (Å²) in [5.41, 5.74) is 1.66. The van der Waals surface area contributed by atoms with Gasteiger partial charge < -0.3 is 14.2 Å². The molecular weight excluding hydrogens is 346 g/mol. The minimum absolute atomic E-state index is 0.287. The Kier molecular flexibility index (Phi) is 5.76. The van der Waals surface area contributed by atoms with E-state index in [1.807, 2.05) is 19.1 Å². The molecule has 0 bridgehead atoms. The summed E-state index contributed by atoms with van der Waals surface area (Å²) in [6.07, 6.45) is 0.486. The molecule has 2 amide bonds. The SMILES string of the molecule is CCOc1cc(C(CCOC)N2C(=O)c3ccccc3C2=O)ccc1OC. The van der Waals surface area contributed by atoms with Crippen molar-refractivity contribution in [3.63, 3.8) is 0 Å². The first-order valence-electron chi connectivity index (χ1n) is 8.89. The number of fused-ring (bicyclic) bond motifs is 1. The molecule has 0 saturated carbocycles. The second kappa shape index (κ2) is 8.22. The van der Waals surface area contributed by atoms with Crippen LogP contribution in [-0.2, 0) is 4.74 Å². The number of carbonyl (C=O) groups is 2. The maximum atomic E-state index is 12.9. The number of hydrogen-bond donors (Lipinski definition) is 0. The highest BCUT2D eigenvalue weighted by molar-refractivity contribution is 6.21. The largest absolute Gasteiger partial charge is 0.493 e. The maximum absolute atomic E-state index is 12.9. The van der Waals surface area contributed by atoms with Crippen LogP contribution in [0.1, 0.15) is 45.7 Å². The molecule has 27 heavy (non-hydrogen) atoms. The molecule has 0 aliphatic carbocycles. The zero-order valence-electron chi connectivity index (χ0n) is 15.7. The quantitative estimate of drug-likeness (QED) is 0.667. The monoisotopic (exact) mass is 369 g/mol. The number of rotatable bonds is 8. The molecular formula is C21H23NO5. The van der Waals surface area contributed by atoms with E-state index < -0.39 is 6.04 Å². The van der Waals surface area contributed by atoms with Crippen LogP contribution >= 0.6 is 0 Å². The van der Waals surface area contributed by atoms with E-state index in [1.165, 1.54) is 4.90 Å². The van der Waals surface area contributed by atoms with Gasteiger partial charge in [-0.25, -0.2) is 0 Å². The van der Waals surface area contributed by atoms with Gasteiger partial charge in [0.2, 0.25) is 0 Å². The number of benzene rings is 2. The third-order valence-corrected chi connectivity index (χ3v) is 4.60. The van der Waals surface area contributed by atoms with Gasteiger partial charge in [-0.2, -0.15) is 0 Å². The first-order valence-corrected chi connectivity index (χ1v) is 8.89. The third kappa shape index (κ3) is 3.53. The first-order chi connectivity index (χ1) is 13.1. The molecule has 2 aromatic rings. The van der Waals surface area contributed by atoms with Gasteiger partial charge in [-0.05, 0) is 43.2 Å². The number of hydrogen-bond acceptors (Lipinski definition) is 5. The lowest BCUT2D eigenvalue weighted by Crippen LogP contribution is -2.34. The molecule has 142 valence electrons. The molecule has 0 aromatic heterocycles. The van der Waals surface area contributed by atoms with E-state index in [1.54, 1.807) is 44.6 Å². The van der Waals surface area contributed by atoms with E-state index in [2.05, 4.69) is 0 Å². The Morgan fingerprint density at radius 1 is 0.963 bits per heavy atom. The molecule has 0 spiro atoms. The molecule has 0 saturated heterocycles. The summed E-state index contributed by atoms with van der Waals surface area (Å²) in [5, 5.41) is 0. The fraction of sp³-hybridized carbons (Fsp3) is 0.333. The molecule has 0 radical (unpaired) electrons. The Balaban J connectivity index is 2.02. The van der Waals surface area contributed by atoms with Crippen molar-refractivity contribution in [2.75, 3.05) is 27.4 Å². The number of carbonyl (C=O) groups excluding carboxylic acids is 2. The van der Waals surface area contributed by atoms with Crippen molar-refractivity contribution in [2.24, 2.45) is 0 Å². The van der Waals surface area contributed by atoms with Crippen LogP contribution in [0.15, 0.2) is 42.5 Å². The predicted octanol–water partition coefficient (Wildman–Crippen LogP) is 3.47. The smallest absolute Gasteiger partial charge is 0.262 e. The summed E-state index contributed by atoms with van der Waals surface area (Å²) in [5.74, 6) is 0.612. The van der Waals surface area contributed by atoms with Crippen LogP contribution in [0, 0.1) is 0 Å². The lowest BCUT2D eigenvalue weighted by molar-refractivity contribution is 0.0545. The molecule has 1 unspecified atom stereocenters. The standard InChI is InChI=1S/C21H23NO5/c1-4-27-19-13-14(9-10-18(19)26-3)17(11-12-25-2)22-20(23)15-7-5-6-8-16(15)21(22)24/h5-10,13,17H,4,11-12H2,1-3H3. The summed E-state index contributed by atoms with van der Waals surface area (Å²) in [6, 6.07) is 11.9. The maximum Gasteiger partial charge on any atom is 0.262 e. The molecule has 3 rings (SSSR count). The van der Waals surface area contributed by atoms with E-state index in [-0.39, 0.29) is 11.8 Å². The van der Waals surface area contributed by atoms with Crippen molar-refractivity contribution >= 4 is 11.8 Å². The van der Waals surface area contributed by atoms with Gasteiger partial charge in [0.25, 0.3) is 11.8 Å². The molecule has 0 fully saturated rings. The summed E-state index contributed by atoms with van der Waals surface area (Å²) < 4.78 is 16.2. The van der Waals surface area contributed by atoms with Crippen LogP contribution in [-0.4, -0.2) is 44.1 Å². The van der Waals surface area contributed by atoms with Gasteiger partial charge in [0.1, 0.15) is 0 Å².